The molecule has 0 saturated heterocycles. The largest absolute Gasteiger partial charge is 0.389 e. The van der Waals surface area contributed by atoms with Gasteiger partial charge in [0.1, 0.15) is 0 Å². The van der Waals surface area contributed by atoms with E-state index in [-0.39, 0.29) is 0 Å². The van der Waals surface area contributed by atoms with Crippen LogP contribution in [-0.4, -0.2) is 40.7 Å². The van der Waals surface area contributed by atoms with E-state index in [0.717, 1.165) is 32.4 Å². The Balaban J connectivity index is 1.76. The first-order valence-corrected chi connectivity index (χ1v) is 6.48. The average molecular weight is 234 g/mol. The lowest BCUT2D eigenvalue weighted by Crippen LogP contribution is -2.39. The Labute approximate surface area is 103 Å². The number of rotatable bonds is 5. The quantitative estimate of drug-likeness (QED) is 0.845. The van der Waals surface area contributed by atoms with E-state index in [4.69, 9.17) is 0 Å². The minimum absolute atomic E-state index is 0.424. The van der Waals surface area contributed by atoms with Crippen LogP contribution in [0.15, 0.2) is 24.5 Å². The van der Waals surface area contributed by atoms with Gasteiger partial charge in [0.15, 0.2) is 0 Å². The van der Waals surface area contributed by atoms with Gasteiger partial charge in [-0.3, -0.25) is 4.98 Å². The van der Waals surface area contributed by atoms with Crippen molar-refractivity contribution in [1.82, 2.24) is 9.88 Å². The van der Waals surface area contributed by atoms with Crippen LogP contribution in [0.4, 0.5) is 0 Å². The van der Waals surface area contributed by atoms with Gasteiger partial charge in [-0.15, -0.1) is 0 Å². The van der Waals surface area contributed by atoms with E-state index in [2.05, 4.69) is 29.1 Å². The van der Waals surface area contributed by atoms with E-state index in [1.165, 1.54) is 18.4 Å². The zero-order chi connectivity index (χ0) is 12.1. The van der Waals surface area contributed by atoms with Crippen molar-refractivity contribution in [3.8, 4) is 0 Å². The third-order valence-corrected chi connectivity index (χ3v) is 3.63. The summed E-state index contributed by atoms with van der Waals surface area (Å²) in [6, 6.07) is 4.11. The molecular formula is C14H22N2O. The molecule has 3 heteroatoms. The molecule has 0 aliphatic heterocycles. The van der Waals surface area contributed by atoms with Crippen LogP contribution < -0.4 is 0 Å². The molecule has 3 nitrogen and oxygen atoms in total. The number of likely N-dealkylation sites (N-methyl/N-ethyl adjacent to an activating group) is 1. The van der Waals surface area contributed by atoms with Crippen molar-refractivity contribution in [1.29, 1.82) is 0 Å². The minimum Gasteiger partial charge on any atom is -0.389 e. The molecule has 1 aromatic heterocycles. The summed E-state index contributed by atoms with van der Waals surface area (Å²) in [4.78, 5) is 6.25. The van der Waals surface area contributed by atoms with Crippen molar-refractivity contribution >= 4 is 0 Å². The molecule has 0 aromatic carbocycles. The molecule has 1 aliphatic carbocycles. The first kappa shape index (κ1) is 12.5. The normalized spacial score (nSPS) is 18.8. The smallest absolute Gasteiger partial charge is 0.0774 e. The van der Waals surface area contributed by atoms with Gasteiger partial charge in [0.2, 0.25) is 0 Å². The fourth-order valence-electron chi connectivity index (χ4n) is 2.64. The predicted octanol–water partition coefficient (Wildman–Crippen LogP) is 1.86. The Morgan fingerprint density at radius 3 is 2.59 bits per heavy atom. The Morgan fingerprint density at radius 2 is 1.94 bits per heavy atom. The van der Waals surface area contributed by atoms with Gasteiger partial charge in [-0.25, -0.2) is 0 Å². The van der Waals surface area contributed by atoms with Crippen LogP contribution in [0.5, 0.6) is 0 Å². The molecule has 1 fully saturated rings. The van der Waals surface area contributed by atoms with E-state index in [9.17, 15) is 5.11 Å². The second-order valence-electron chi connectivity index (χ2n) is 5.27. The number of nitrogens with zero attached hydrogens (tertiary/aromatic N) is 2. The highest BCUT2D eigenvalue weighted by Crippen LogP contribution is 2.29. The highest BCUT2D eigenvalue weighted by atomic mass is 16.3. The van der Waals surface area contributed by atoms with Gasteiger partial charge in [0, 0.05) is 25.5 Å². The summed E-state index contributed by atoms with van der Waals surface area (Å²) in [6.07, 6.45) is 8.97. The molecule has 0 atom stereocenters. The molecule has 17 heavy (non-hydrogen) atoms. The minimum atomic E-state index is -0.424. The highest BCUT2D eigenvalue weighted by molar-refractivity contribution is 5.09. The van der Waals surface area contributed by atoms with Crippen molar-refractivity contribution in [2.75, 3.05) is 20.1 Å². The summed E-state index contributed by atoms with van der Waals surface area (Å²) in [5.41, 5.74) is 0.887. The lowest BCUT2D eigenvalue weighted by atomic mass is 10.0. The van der Waals surface area contributed by atoms with Crippen LogP contribution in [-0.2, 0) is 6.42 Å². The van der Waals surface area contributed by atoms with Gasteiger partial charge < -0.3 is 10.0 Å². The second kappa shape index (κ2) is 5.61. The number of hydrogen-bond acceptors (Lipinski definition) is 3. The van der Waals surface area contributed by atoms with E-state index in [0.29, 0.717) is 0 Å². The summed E-state index contributed by atoms with van der Waals surface area (Å²) in [5, 5.41) is 10.3. The van der Waals surface area contributed by atoms with Crippen LogP contribution in [0.3, 0.4) is 0 Å². The third-order valence-electron chi connectivity index (χ3n) is 3.63. The van der Waals surface area contributed by atoms with Gasteiger partial charge in [0.05, 0.1) is 5.60 Å². The van der Waals surface area contributed by atoms with Gasteiger partial charge in [-0.1, -0.05) is 12.8 Å². The van der Waals surface area contributed by atoms with Crippen molar-refractivity contribution < 1.29 is 5.11 Å². The van der Waals surface area contributed by atoms with Gasteiger partial charge in [-0.2, -0.15) is 0 Å². The first-order chi connectivity index (χ1) is 8.18. The fourth-order valence-corrected chi connectivity index (χ4v) is 2.64. The SMILES string of the molecule is CN(CCc1ccncc1)CC1(O)CCCC1. The monoisotopic (exact) mass is 234 g/mol. The van der Waals surface area contributed by atoms with E-state index >= 15 is 0 Å². The molecule has 0 radical (unpaired) electrons. The predicted molar refractivity (Wildman–Crippen MR) is 68.9 cm³/mol. The first-order valence-electron chi connectivity index (χ1n) is 6.48. The van der Waals surface area contributed by atoms with Gasteiger partial charge in [0.25, 0.3) is 0 Å². The van der Waals surface area contributed by atoms with Crippen LogP contribution in [0.25, 0.3) is 0 Å². The van der Waals surface area contributed by atoms with Gasteiger partial charge in [-0.05, 0) is 44.0 Å². The summed E-state index contributed by atoms with van der Waals surface area (Å²) < 4.78 is 0. The van der Waals surface area contributed by atoms with Crippen molar-refractivity contribution in [2.45, 2.75) is 37.7 Å². The standard InChI is InChI=1S/C14H22N2O/c1-16(12-14(17)7-2-3-8-14)11-6-13-4-9-15-10-5-13/h4-5,9-10,17H,2-3,6-8,11-12H2,1H3. The fraction of sp³-hybridized carbons (Fsp3) is 0.643. The van der Waals surface area contributed by atoms with Crippen molar-refractivity contribution in [3.05, 3.63) is 30.1 Å². The topological polar surface area (TPSA) is 36.4 Å². The molecule has 1 heterocycles. The molecule has 0 unspecified atom stereocenters. The van der Waals surface area contributed by atoms with Crippen molar-refractivity contribution in [3.63, 3.8) is 0 Å². The molecule has 2 rings (SSSR count). The average Bonchev–Trinajstić information content (AvgIpc) is 2.74. The van der Waals surface area contributed by atoms with Crippen LogP contribution in [0.2, 0.25) is 0 Å². The zero-order valence-electron chi connectivity index (χ0n) is 10.6. The van der Waals surface area contributed by atoms with E-state index in [1.54, 1.807) is 0 Å². The maximum Gasteiger partial charge on any atom is 0.0774 e. The van der Waals surface area contributed by atoms with Gasteiger partial charge >= 0.3 is 0 Å². The lowest BCUT2D eigenvalue weighted by Gasteiger charge is -2.28. The molecule has 0 spiro atoms. The summed E-state index contributed by atoms with van der Waals surface area (Å²) in [7, 11) is 2.09. The number of hydrogen-bond donors (Lipinski definition) is 1. The number of aromatic nitrogens is 1. The molecule has 94 valence electrons. The number of pyridine rings is 1. The van der Waals surface area contributed by atoms with Crippen LogP contribution in [0, 0.1) is 0 Å². The molecule has 1 N–H and O–H groups in total. The molecular weight excluding hydrogens is 212 g/mol. The maximum absolute atomic E-state index is 10.3. The Kier molecular flexibility index (Phi) is 4.13. The maximum atomic E-state index is 10.3. The zero-order valence-corrected chi connectivity index (χ0v) is 10.6. The molecule has 1 saturated carbocycles. The van der Waals surface area contributed by atoms with Crippen LogP contribution >= 0.6 is 0 Å². The lowest BCUT2D eigenvalue weighted by molar-refractivity contribution is 0.0167. The Bertz CT molecular complexity index is 333. The summed E-state index contributed by atoms with van der Waals surface area (Å²) in [6.45, 7) is 1.80. The Morgan fingerprint density at radius 1 is 1.29 bits per heavy atom. The molecule has 0 bridgehead atoms. The second-order valence-corrected chi connectivity index (χ2v) is 5.27. The van der Waals surface area contributed by atoms with Crippen molar-refractivity contribution in [2.24, 2.45) is 0 Å². The summed E-state index contributed by atoms with van der Waals surface area (Å²) >= 11 is 0. The molecule has 0 amide bonds. The Hall–Kier alpha value is -0.930. The third kappa shape index (κ3) is 3.79. The van der Waals surface area contributed by atoms with E-state index < -0.39 is 5.60 Å². The molecule has 1 aromatic rings. The van der Waals surface area contributed by atoms with E-state index in [1.807, 2.05) is 12.4 Å². The molecule has 1 aliphatic rings. The summed E-state index contributed by atoms with van der Waals surface area (Å²) in [5.74, 6) is 0. The highest BCUT2D eigenvalue weighted by Gasteiger charge is 2.31. The van der Waals surface area contributed by atoms with Crippen LogP contribution in [0.1, 0.15) is 31.2 Å². The number of aliphatic hydroxyl groups is 1.